The van der Waals surface area contributed by atoms with Crippen LogP contribution >= 0.6 is 0 Å². The number of piperazine rings is 1. The number of nitrogens with zero attached hydrogens (tertiary/aromatic N) is 7. The quantitative estimate of drug-likeness (QED) is 0.234. The van der Waals surface area contributed by atoms with E-state index in [1.807, 2.05) is 23.1 Å². The molecule has 0 unspecified atom stereocenters. The smallest absolute Gasteiger partial charge is 0.227 e. The first-order chi connectivity index (χ1) is 15.1. The Hall–Kier alpha value is -3.57. The molecule has 4 N–H and O–H groups in total. The van der Waals surface area contributed by atoms with Gasteiger partial charge < -0.3 is 10.7 Å². The van der Waals surface area contributed by atoms with Gasteiger partial charge in [0.15, 0.2) is 0 Å². The van der Waals surface area contributed by atoms with Crippen molar-refractivity contribution in [1.29, 1.82) is 0 Å². The summed E-state index contributed by atoms with van der Waals surface area (Å²) in [5.41, 5.74) is 3.59. The molecule has 0 spiro atoms. The molecule has 1 saturated heterocycles. The van der Waals surface area contributed by atoms with E-state index in [9.17, 15) is 4.79 Å². The van der Waals surface area contributed by atoms with Crippen LogP contribution in [-0.2, 0) is 17.6 Å². The average Bonchev–Trinajstić information content (AvgIpc) is 3.26. The van der Waals surface area contributed by atoms with Crippen molar-refractivity contribution in [2.24, 2.45) is 16.8 Å². The molecule has 11 nitrogen and oxygen atoms in total. The number of amides is 1. The zero-order chi connectivity index (χ0) is 21.6. The van der Waals surface area contributed by atoms with Gasteiger partial charge in [-0.2, -0.15) is 5.10 Å². The average molecular weight is 423 g/mol. The molecule has 4 rings (SSSR count). The topological polar surface area (TPSA) is 143 Å². The van der Waals surface area contributed by atoms with Crippen molar-refractivity contribution in [2.45, 2.75) is 12.8 Å². The maximum atomic E-state index is 12.7. The second kappa shape index (κ2) is 9.49. The van der Waals surface area contributed by atoms with Crippen LogP contribution in [0.3, 0.4) is 0 Å². The number of hydrogen-bond acceptors (Lipinski definition) is 9. The van der Waals surface area contributed by atoms with Crippen LogP contribution in [0.25, 0.3) is 11.0 Å². The first-order valence-corrected chi connectivity index (χ1v) is 10.1. The predicted octanol–water partition coefficient (Wildman–Crippen LogP) is 0.129. The standard InChI is InChI=1S/C20H25N9O2/c21-24-14-29(22)19-4-2-16(13-23-19)12-20(30)28-9-7-27(8-10-28)6-5-15-1-3-17-18(11-15)26-31-25-17/h1-4,11,13-14H,5-10,12,21-22H2/b24-14-. The van der Waals surface area contributed by atoms with Gasteiger partial charge in [0.2, 0.25) is 5.91 Å². The minimum atomic E-state index is 0.103. The van der Waals surface area contributed by atoms with E-state index in [0.29, 0.717) is 12.2 Å². The number of benzene rings is 1. The molecule has 1 aliphatic rings. The number of nitrogens with two attached hydrogens (primary N) is 2. The van der Waals surface area contributed by atoms with Crippen molar-refractivity contribution in [2.75, 3.05) is 37.7 Å². The van der Waals surface area contributed by atoms with Gasteiger partial charge in [0, 0.05) is 38.9 Å². The predicted molar refractivity (Wildman–Crippen MR) is 116 cm³/mol. The number of pyridine rings is 1. The molecular weight excluding hydrogens is 398 g/mol. The number of fused-ring (bicyclic) bond motifs is 1. The fourth-order valence-electron chi connectivity index (χ4n) is 3.58. The molecule has 0 atom stereocenters. The van der Waals surface area contributed by atoms with Crippen LogP contribution < -0.4 is 16.7 Å². The number of rotatable bonds is 7. The Morgan fingerprint density at radius 3 is 2.65 bits per heavy atom. The summed E-state index contributed by atoms with van der Waals surface area (Å²) < 4.78 is 4.75. The zero-order valence-corrected chi connectivity index (χ0v) is 17.1. The Morgan fingerprint density at radius 2 is 1.90 bits per heavy atom. The van der Waals surface area contributed by atoms with Crippen molar-refractivity contribution in [3.05, 3.63) is 47.7 Å². The third-order valence-electron chi connectivity index (χ3n) is 5.38. The van der Waals surface area contributed by atoms with Gasteiger partial charge in [-0.3, -0.25) is 9.69 Å². The maximum absolute atomic E-state index is 12.7. The number of carbonyl (C=O) groups is 1. The monoisotopic (exact) mass is 423 g/mol. The second-order valence-electron chi connectivity index (χ2n) is 7.43. The molecule has 11 heteroatoms. The number of aromatic nitrogens is 3. The summed E-state index contributed by atoms with van der Waals surface area (Å²) in [5, 5.41) is 12.3. The summed E-state index contributed by atoms with van der Waals surface area (Å²) in [6, 6.07) is 9.56. The molecule has 3 heterocycles. The first-order valence-electron chi connectivity index (χ1n) is 10.1. The minimum Gasteiger partial charge on any atom is -0.340 e. The fourth-order valence-corrected chi connectivity index (χ4v) is 3.58. The zero-order valence-electron chi connectivity index (χ0n) is 17.1. The van der Waals surface area contributed by atoms with Crippen molar-refractivity contribution >= 4 is 29.1 Å². The highest BCUT2D eigenvalue weighted by Gasteiger charge is 2.21. The van der Waals surface area contributed by atoms with E-state index in [0.717, 1.165) is 55.7 Å². The van der Waals surface area contributed by atoms with Gasteiger partial charge >= 0.3 is 0 Å². The lowest BCUT2D eigenvalue weighted by molar-refractivity contribution is -0.132. The van der Waals surface area contributed by atoms with E-state index >= 15 is 0 Å². The van der Waals surface area contributed by atoms with Crippen LogP contribution in [0.15, 0.2) is 46.3 Å². The van der Waals surface area contributed by atoms with Crippen LogP contribution in [0.4, 0.5) is 5.82 Å². The molecule has 2 aromatic heterocycles. The van der Waals surface area contributed by atoms with E-state index < -0.39 is 0 Å². The van der Waals surface area contributed by atoms with Crippen molar-refractivity contribution in [3.8, 4) is 0 Å². The summed E-state index contributed by atoms with van der Waals surface area (Å²) in [6.07, 6.45) is 4.14. The Balaban J connectivity index is 1.23. The van der Waals surface area contributed by atoms with E-state index in [-0.39, 0.29) is 5.91 Å². The highest BCUT2D eigenvalue weighted by Crippen LogP contribution is 2.14. The Labute approximate surface area is 179 Å². The van der Waals surface area contributed by atoms with E-state index in [4.69, 9.17) is 16.3 Å². The molecule has 31 heavy (non-hydrogen) atoms. The Morgan fingerprint density at radius 1 is 1.13 bits per heavy atom. The van der Waals surface area contributed by atoms with Crippen LogP contribution in [0.2, 0.25) is 0 Å². The summed E-state index contributed by atoms with van der Waals surface area (Å²) in [4.78, 5) is 21.2. The van der Waals surface area contributed by atoms with E-state index in [1.54, 1.807) is 12.3 Å². The highest BCUT2D eigenvalue weighted by molar-refractivity contribution is 5.79. The van der Waals surface area contributed by atoms with Crippen molar-refractivity contribution in [3.63, 3.8) is 0 Å². The molecule has 0 saturated carbocycles. The molecule has 1 fully saturated rings. The molecule has 1 amide bonds. The SMILES string of the molecule is N/N=C\N(N)c1ccc(CC(=O)N2CCN(CCc3ccc4nonc4c3)CC2)cn1. The molecule has 0 aliphatic carbocycles. The molecule has 0 radical (unpaired) electrons. The Bertz CT molecular complexity index is 1040. The number of carbonyl (C=O) groups excluding carboxylic acids is 1. The summed E-state index contributed by atoms with van der Waals surface area (Å²) >= 11 is 0. The summed E-state index contributed by atoms with van der Waals surface area (Å²) in [6.45, 7) is 4.10. The van der Waals surface area contributed by atoms with Gasteiger partial charge in [0.05, 0.1) is 6.42 Å². The largest absolute Gasteiger partial charge is 0.340 e. The normalized spacial score (nSPS) is 15.1. The second-order valence-corrected chi connectivity index (χ2v) is 7.43. The lowest BCUT2D eigenvalue weighted by Crippen LogP contribution is -2.49. The highest BCUT2D eigenvalue weighted by atomic mass is 16.6. The van der Waals surface area contributed by atoms with Gasteiger partial charge in [0.1, 0.15) is 23.2 Å². The molecule has 1 aliphatic heterocycles. The number of hydrazine groups is 1. The summed E-state index contributed by atoms with van der Waals surface area (Å²) in [7, 11) is 0. The van der Waals surface area contributed by atoms with Gasteiger partial charge in [-0.25, -0.2) is 20.5 Å². The van der Waals surface area contributed by atoms with Crippen molar-refractivity contribution in [1.82, 2.24) is 25.1 Å². The van der Waals surface area contributed by atoms with Gasteiger partial charge in [-0.05, 0) is 46.1 Å². The summed E-state index contributed by atoms with van der Waals surface area (Å²) in [5.74, 6) is 11.4. The third-order valence-corrected chi connectivity index (χ3v) is 5.38. The van der Waals surface area contributed by atoms with E-state index in [2.05, 4.69) is 31.4 Å². The fraction of sp³-hybridized carbons (Fsp3) is 0.350. The molecule has 1 aromatic carbocycles. The number of anilines is 1. The number of hydrazone groups is 1. The third kappa shape index (κ3) is 5.13. The molecule has 0 bridgehead atoms. The minimum absolute atomic E-state index is 0.103. The van der Waals surface area contributed by atoms with Crippen molar-refractivity contribution < 1.29 is 9.42 Å². The maximum Gasteiger partial charge on any atom is 0.227 e. The number of hydrogen-bond donors (Lipinski definition) is 2. The van der Waals surface area contributed by atoms with Crippen LogP contribution in [0.5, 0.6) is 0 Å². The van der Waals surface area contributed by atoms with Crippen LogP contribution in [0, 0.1) is 0 Å². The first kappa shape index (κ1) is 20.7. The van der Waals surface area contributed by atoms with Gasteiger partial charge in [0.25, 0.3) is 0 Å². The lowest BCUT2D eigenvalue weighted by atomic mass is 10.1. The lowest BCUT2D eigenvalue weighted by Gasteiger charge is -2.34. The molecule has 162 valence electrons. The van der Waals surface area contributed by atoms with Gasteiger partial charge in [-0.1, -0.05) is 12.1 Å². The molecule has 3 aromatic rings. The van der Waals surface area contributed by atoms with E-state index in [1.165, 1.54) is 16.9 Å². The molecular formula is C20H25N9O2. The van der Waals surface area contributed by atoms with Crippen LogP contribution in [-0.4, -0.2) is 70.1 Å². The van der Waals surface area contributed by atoms with Crippen LogP contribution in [0.1, 0.15) is 11.1 Å². The Kier molecular flexibility index (Phi) is 6.34. The van der Waals surface area contributed by atoms with Gasteiger partial charge in [-0.15, -0.1) is 0 Å².